The van der Waals surface area contributed by atoms with Crippen molar-refractivity contribution >= 4 is 32.9 Å². The number of halogens is 3. The first-order valence-corrected chi connectivity index (χ1v) is 12.5. The van der Waals surface area contributed by atoms with Gasteiger partial charge in [0.1, 0.15) is 17.7 Å². The van der Waals surface area contributed by atoms with E-state index in [-0.39, 0.29) is 40.3 Å². The first kappa shape index (κ1) is 22.0. The van der Waals surface area contributed by atoms with Crippen molar-refractivity contribution in [3.05, 3.63) is 53.5 Å². The first-order chi connectivity index (χ1) is 15.7. The summed E-state index contributed by atoms with van der Waals surface area (Å²) in [6.07, 6.45) is 0.124. The third-order valence-electron chi connectivity index (χ3n) is 6.45. The molecule has 11 heteroatoms. The number of aliphatic imine (C=N–C) groups is 1. The molecule has 3 heterocycles. The maximum Gasteiger partial charge on any atom is 0.431 e. The number of fused-ring (bicyclic) bond motifs is 2. The number of aromatic nitrogens is 3. The van der Waals surface area contributed by atoms with E-state index in [9.17, 15) is 21.6 Å². The molecule has 0 amide bonds. The van der Waals surface area contributed by atoms with Gasteiger partial charge in [-0.05, 0) is 30.0 Å². The number of sulfone groups is 1. The standard InChI is InChI=1S/C22H22F3N5O2S/c23-22(24,25)19-11-16-20(27-13-28-21(16)29-19)26-12-17-15-4-2-1-3-14(15)5-6-18(17)30-7-9-33(31,32)10-8-30/h1-4,11-13,17-18H,5-10H2,(H,27,28,29)/t17?,18-/m0/s1. The van der Waals surface area contributed by atoms with Gasteiger partial charge in [-0.2, -0.15) is 13.2 Å². The van der Waals surface area contributed by atoms with Gasteiger partial charge in [-0.3, -0.25) is 4.90 Å². The van der Waals surface area contributed by atoms with Crippen LogP contribution in [0.5, 0.6) is 0 Å². The number of aryl methyl sites for hydroxylation is 1. The first-order valence-electron chi connectivity index (χ1n) is 10.7. The maximum atomic E-state index is 13.1. The van der Waals surface area contributed by atoms with Crippen molar-refractivity contribution in [3.63, 3.8) is 0 Å². The summed E-state index contributed by atoms with van der Waals surface area (Å²) in [5.41, 5.74) is 1.47. The van der Waals surface area contributed by atoms with Gasteiger partial charge in [0.05, 0.1) is 16.9 Å². The lowest BCUT2D eigenvalue weighted by atomic mass is 9.79. The van der Waals surface area contributed by atoms with Crippen LogP contribution in [0.2, 0.25) is 0 Å². The molecule has 1 fully saturated rings. The highest BCUT2D eigenvalue weighted by Gasteiger charge is 2.36. The molecule has 0 bridgehead atoms. The Morgan fingerprint density at radius 1 is 1.15 bits per heavy atom. The second kappa shape index (κ2) is 8.21. The highest BCUT2D eigenvalue weighted by atomic mass is 32.2. The minimum Gasteiger partial charge on any atom is -0.336 e. The Labute approximate surface area is 188 Å². The van der Waals surface area contributed by atoms with Gasteiger partial charge in [0.15, 0.2) is 15.7 Å². The topological polar surface area (TPSA) is 91.3 Å². The van der Waals surface area contributed by atoms with Crippen LogP contribution < -0.4 is 0 Å². The molecule has 7 nitrogen and oxygen atoms in total. The number of aromatic amines is 1. The number of hydrogen-bond acceptors (Lipinski definition) is 6. The lowest BCUT2D eigenvalue weighted by molar-refractivity contribution is -0.140. The van der Waals surface area contributed by atoms with Crippen molar-refractivity contribution in [2.45, 2.75) is 31.0 Å². The van der Waals surface area contributed by atoms with Gasteiger partial charge in [0, 0.05) is 31.3 Å². The molecule has 2 aromatic heterocycles. The summed E-state index contributed by atoms with van der Waals surface area (Å²) in [5, 5.41) is 0.200. The Morgan fingerprint density at radius 3 is 2.67 bits per heavy atom. The van der Waals surface area contributed by atoms with Crippen LogP contribution in [0.4, 0.5) is 19.0 Å². The second-order valence-corrected chi connectivity index (χ2v) is 10.7. The van der Waals surface area contributed by atoms with Gasteiger partial charge < -0.3 is 4.98 Å². The van der Waals surface area contributed by atoms with E-state index >= 15 is 0 Å². The zero-order valence-electron chi connectivity index (χ0n) is 17.6. The molecular weight excluding hydrogens is 455 g/mol. The Kier molecular flexibility index (Phi) is 5.48. The zero-order chi connectivity index (χ0) is 23.2. The van der Waals surface area contributed by atoms with Crippen LogP contribution in [0.25, 0.3) is 11.0 Å². The fourth-order valence-electron chi connectivity index (χ4n) is 4.76. The molecule has 1 aromatic carbocycles. The Bertz CT molecular complexity index is 1310. The van der Waals surface area contributed by atoms with Crippen molar-refractivity contribution in [1.29, 1.82) is 0 Å². The fraction of sp³-hybridized carbons (Fsp3) is 0.409. The van der Waals surface area contributed by atoms with Crippen molar-refractivity contribution in [1.82, 2.24) is 19.9 Å². The third-order valence-corrected chi connectivity index (χ3v) is 8.06. The number of nitrogens with zero attached hydrogens (tertiary/aromatic N) is 4. The summed E-state index contributed by atoms with van der Waals surface area (Å²) in [7, 11) is -3.01. The third kappa shape index (κ3) is 4.39. The van der Waals surface area contributed by atoms with Gasteiger partial charge in [0.25, 0.3) is 0 Å². The largest absolute Gasteiger partial charge is 0.431 e. The number of hydrogen-bond donors (Lipinski definition) is 1. The smallest absolute Gasteiger partial charge is 0.336 e. The summed E-state index contributed by atoms with van der Waals surface area (Å²) in [4.78, 5) is 17.0. The molecular formula is C22H22F3N5O2S. The van der Waals surface area contributed by atoms with Crippen LogP contribution in [0.15, 0.2) is 41.7 Å². The maximum absolute atomic E-state index is 13.1. The van der Waals surface area contributed by atoms with Crippen LogP contribution in [0.3, 0.4) is 0 Å². The zero-order valence-corrected chi connectivity index (χ0v) is 18.4. The van der Waals surface area contributed by atoms with Gasteiger partial charge >= 0.3 is 6.18 Å². The molecule has 1 aliphatic carbocycles. The highest BCUT2D eigenvalue weighted by molar-refractivity contribution is 7.91. The van der Waals surface area contributed by atoms with E-state index in [0.717, 1.165) is 24.5 Å². The number of benzene rings is 1. The number of nitrogens with one attached hydrogen (secondary N) is 1. The quantitative estimate of drug-likeness (QED) is 0.583. The summed E-state index contributed by atoms with van der Waals surface area (Å²) in [6.45, 7) is 0.925. The minimum atomic E-state index is -4.52. The molecule has 174 valence electrons. The van der Waals surface area contributed by atoms with Crippen LogP contribution in [0, 0.1) is 0 Å². The molecule has 5 rings (SSSR count). The summed E-state index contributed by atoms with van der Waals surface area (Å²) in [5.74, 6) is 0.285. The number of rotatable bonds is 3. The van der Waals surface area contributed by atoms with Crippen LogP contribution in [-0.4, -0.2) is 65.1 Å². The molecule has 0 radical (unpaired) electrons. The van der Waals surface area contributed by atoms with Gasteiger partial charge in [-0.1, -0.05) is 24.3 Å². The Hall–Kier alpha value is -2.79. The molecule has 1 aliphatic heterocycles. The molecule has 2 atom stereocenters. The summed E-state index contributed by atoms with van der Waals surface area (Å²) < 4.78 is 63.3. The van der Waals surface area contributed by atoms with Crippen molar-refractivity contribution in [2.24, 2.45) is 4.99 Å². The normalized spacial score (nSPS) is 23.7. The summed E-state index contributed by atoms with van der Waals surface area (Å²) >= 11 is 0. The van der Waals surface area contributed by atoms with Gasteiger partial charge in [-0.15, -0.1) is 0 Å². The average molecular weight is 478 g/mol. The molecule has 1 unspecified atom stereocenters. The minimum absolute atomic E-state index is 0.0495. The summed E-state index contributed by atoms with van der Waals surface area (Å²) in [6, 6.07) is 9.06. The SMILES string of the molecule is O=S1(=O)CCN([C@H]2CCc3ccccc3C2C=Nc2ncnc3[nH]c(C(F)(F)F)cc23)CC1. The van der Waals surface area contributed by atoms with E-state index in [1.807, 2.05) is 18.2 Å². The van der Waals surface area contributed by atoms with Crippen LogP contribution in [-0.2, 0) is 22.4 Å². The van der Waals surface area contributed by atoms with Crippen molar-refractivity contribution in [3.8, 4) is 0 Å². The molecule has 33 heavy (non-hydrogen) atoms. The number of H-pyrrole nitrogens is 1. The lowest BCUT2D eigenvalue weighted by Gasteiger charge is -2.41. The molecule has 0 saturated carbocycles. The van der Waals surface area contributed by atoms with Crippen LogP contribution >= 0.6 is 0 Å². The Balaban J connectivity index is 1.51. The monoisotopic (exact) mass is 477 g/mol. The van der Waals surface area contributed by atoms with Crippen molar-refractivity contribution in [2.75, 3.05) is 24.6 Å². The highest BCUT2D eigenvalue weighted by Crippen LogP contribution is 2.36. The number of alkyl halides is 3. The van der Waals surface area contributed by atoms with Crippen LogP contribution in [0.1, 0.15) is 29.2 Å². The average Bonchev–Trinajstić information content (AvgIpc) is 3.23. The van der Waals surface area contributed by atoms with E-state index in [0.29, 0.717) is 13.1 Å². The molecule has 0 spiro atoms. The van der Waals surface area contributed by atoms with E-state index in [1.54, 1.807) is 6.21 Å². The molecule has 3 aromatic rings. The van der Waals surface area contributed by atoms with E-state index in [2.05, 4.69) is 30.9 Å². The van der Waals surface area contributed by atoms with E-state index < -0.39 is 21.7 Å². The molecule has 1 N–H and O–H groups in total. The predicted octanol–water partition coefficient (Wildman–Crippen LogP) is 3.51. The molecule has 1 saturated heterocycles. The van der Waals surface area contributed by atoms with Gasteiger partial charge in [-0.25, -0.2) is 23.4 Å². The second-order valence-electron chi connectivity index (χ2n) is 8.44. The van der Waals surface area contributed by atoms with E-state index in [4.69, 9.17) is 0 Å². The predicted molar refractivity (Wildman–Crippen MR) is 119 cm³/mol. The fourth-order valence-corrected chi connectivity index (χ4v) is 5.99. The Morgan fingerprint density at radius 2 is 1.91 bits per heavy atom. The van der Waals surface area contributed by atoms with Gasteiger partial charge in [0.2, 0.25) is 0 Å². The van der Waals surface area contributed by atoms with Crippen molar-refractivity contribution < 1.29 is 21.6 Å². The molecule has 2 aliphatic rings. The van der Waals surface area contributed by atoms with E-state index in [1.165, 1.54) is 11.9 Å². The lowest BCUT2D eigenvalue weighted by Crippen LogP contribution is -2.50.